The standard InChI is InChI=1S/C19H33N5S/c1-4-20-19(21-11-18-22-14(2)15(3)25-18)23-17-9-10-24(13-17)12-16-7-5-6-8-16/h16-17H,4-13H2,1-3H3,(H2,20,21,23). The number of aromatic nitrogens is 1. The van der Waals surface area contributed by atoms with Crippen molar-refractivity contribution in [2.75, 3.05) is 26.2 Å². The highest BCUT2D eigenvalue weighted by atomic mass is 32.1. The first-order chi connectivity index (χ1) is 12.1. The van der Waals surface area contributed by atoms with E-state index in [1.807, 2.05) is 0 Å². The van der Waals surface area contributed by atoms with Crippen LogP contribution in [-0.4, -0.2) is 48.1 Å². The molecule has 1 aromatic rings. The molecule has 1 saturated carbocycles. The Balaban J connectivity index is 1.50. The van der Waals surface area contributed by atoms with Crippen LogP contribution in [0.25, 0.3) is 0 Å². The summed E-state index contributed by atoms with van der Waals surface area (Å²) in [7, 11) is 0. The van der Waals surface area contributed by atoms with Crippen LogP contribution in [0.1, 0.15) is 54.6 Å². The lowest BCUT2D eigenvalue weighted by Crippen LogP contribution is -2.44. The monoisotopic (exact) mass is 363 g/mol. The van der Waals surface area contributed by atoms with Crippen LogP contribution in [0, 0.1) is 19.8 Å². The van der Waals surface area contributed by atoms with E-state index in [4.69, 9.17) is 4.99 Å². The molecular weight excluding hydrogens is 330 g/mol. The fraction of sp³-hybridized carbons (Fsp3) is 0.789. The van der Waals surface area contributed by atoms with Gasteiger partial charge in [0, 0.05) is 37.1 Å². The molecule has 1 saturated heterocycles. The van der Waals surface area contributed by atoms with Gasteiger partial charge in [0.2, 0.25) is 0 Å². The summed E-state index contributed by atoms with van der Waals surface area (Å²) in [4.78, 5) is 13.3. The van der Waals surface area contributed by atoms with E-state index >= 15 is 0 Å². The molecule has 6 heteroatoms. The predicted molar refractivity (Wildman–Crippen MR) is 106 cm³/mol. The van der Waals surface area contributed by atoms with E-state index in [2.05, 4.69) is 41.3 Å². The molecule has 0 bridgehead atoms. The molecule has 2 N–H and O–H groups in total. The number of thiazole rings is 1. The summed E-state index contributed by atoms with van der Waals surface area (Å²) >= 11 is 1.75. The minimum atomic E-state index is 0.513. The molecule has 5 nitrogen and oxygen atoms in total. The highest BCUT2D eigenvalue weighted by molar-refractivity contribution is 7.11. The van der Waals surface area contributed by atoms with Gasteiger partial charge in [-0.1, -0.05) is 12.8 Å². The number of likely N-dealkylation sites (tertiary alicyclic amines) is 1. The summed E-state index contributed by atoms with van der Waals surface area (Å²) in [6, 6.07) is 0.513. The van der Waals surface area contributed by atoms with Gasteiger partial charge in [0.1, 0.15) is 5.01 Å². The average molecular weight is 364 g/mol. The van der Waals surface area contributed by atoms with Crippen LogP contribution < -0.4 is 10.6 Å². The molecule has 1 unspecified atom stereocenters. The van der Waals surface area contributed by atoms with Crippen molar-refractivity contribution in [1.29, 1.82) is 0 Å². The zero-order valence-electron chi connectivity index (χ0n) is 16.0. The van der Waals surface area contributed by atoms with E-state index in [1.165, 1.54) is 50.1 Å². The SMILES string of the molecule is CCNC(=NCc1nc(C)c(C)s1)NC1CCN(CC2CCCC2)C1. The highest BCUT2D eigenvalue weighted by Gasteiger charge is 2.26. The average Bonchev–Trinajstić information content (AvgIpc) is 3.30. The van der Waals surface area contributed by atoms with Gasteiger partial charge in [0.15, 0.2) is 5.96 Å². The molecule has 0 spiro atoms. The fourth-order valence-corrected chi connectivity index (χ4v) is 4.80. The fourth-order valence-electron chi connectivity index (χ4n) is 3.94. The van der Waals surface area contributed by atoms with E-state index < -0.39 is 0 Å². The number of rotatable bonds is 6. The Bertz CT molecular complexity index is 557. The van der Waals surface area contributed by atoms with Crippen LogP contribution in [0.4, 0.5) is 0 Å². The molecule has 0 amide bonds. The van der Waals surface area contributed by atoms with Gasteiger partial charge in [0.25, 0.3) is 0 Å². The summed E-state index contributed by atoms with van der Waals surface area (Å²) in [5.41, 5.74) is 1.13. The molecule has 0 aromatic carbocycles. The first-order valence-corrected chi connectivity index (χ1v) is 10.7. The summed E-state index contributed by atoms with van der Waals surface area (Å²) in [5.74, 6) is 1.87. The van der Waals surface area contributed by atoms with Gasteiger partial charge in [0.05, 0.1) is 12.2 Å². The maximum Gasteiger partial charge on any atom is 0.191 e. The van der Waals surface area contributed by atoms with Gasteiger partial charge in [-0.2, -0.15) is 0 Å². The molecule has 1 aliphatic carbocycles. The molecule has 2 aliphatic rings. The topological polar surface area (TPSA) is 52.6 Å². The van der Waals surface area contributed by atoms with Crippen molar-refractivity contribution in [2.24, 2.45) is 10.9 Å². The Kier molecular flexibility index (Phi) is 6.70. The zero-order valence-corrected chi connectivity index (χ0v) is 16.8. The van der Waals surface area contributed by atoms with Gasteiger partial charge in [-0.3, -0.25) is 0 Å². The second kappa shape index (κ2) is 8.99. The number of aryl methyl sites for hydroxylation is 2. The summed E-state index contributed by atoms with van der Waals surface area (Å²) in [5, 5.41) is 8.12. The normalized spacial score (nSPS) is 22.7. The Hall–Kier alpha value is -1.14. The van der Waals surface area contributed by atoms with Gasteiger partial charge >= 0.3 is 0 Å². The first kappa shape index (κ1) is 18.6. The Morgan fingerprint density at radius 2 is 2.08 bits per heavy atom. The number of aliphatic imine (C=N–C) groups is 1. The molecule has 140 valence electrons. The van der Waals surface area contributed by atoms with Gasteiger partial charge < -0.3 is 15.5 Å². The van der Waals surface area contributed by atoms with E-state index in [1.54, 1.807) is 11.3 Å². The van der Waals surface area contributed by atoms with Crippen molar-refractivity contribution in [3.8, 4) is 0 Å². The van der Waals surface area contributed by atoms with E-state index in [-0.39, 0.29) is 0 Å². The van der Waals surface area contributed by atoms with Crippen molar-refractivity contribution in [3.05, 3.63) is 15.6 Å². The molecule has 2 heterocycles. The summed E-state index contributed by atoms with van der Waals surface area (Å²) in [6.07, 6.45) is 6.96. The molecule has 1 atom stereocenters. The molecule has 2 fully saturated rings. The molecule has 0 radical (unpaired) electrons. The lowest BCUT2D eigenvalue weighted by molar-refractivity contribution is 0.275. The van der Waals surface area contributed by atoms with Gasteiger partial charge in [-0.15, -0.1) is 11.3 Å². The quantitative estimate of drug-likeness (QED) is 0.602. The largest absolute Gasteiger partial charge is 0.357 e. The van der Waals surface area contributed by atoms with E-state index in [0.29, 0.717) is 12.6 Å². The maximum absolute atomic E-state index is 4.75. The van der Waals surface area contributed by atoms with Crippen LogP contribution in [0.5, 0.6) is 0 Å². The van der Waals surface area contributed by atoms with Crippen molar-refractivity contribution in [2.45, 2.75) is 65.5 Å². The van der Waals surface area contributed by atoms with Crippen molar-refractivity contribution >= 4 is 17.3 Å². The number of guanidine groups is 1. The molecular formula is C19H33N5S. The summed E-state index contributed by atoms with van der Waals surface area (Å²) < 4.78 is 0. The van der Waals surface area contributed by atoms with Crippen LogP contribution >= 0.6 is 11.3 Å². The van der Waals surface area contributed by atoms with E-state index in [0.717, 1.165) is 35.7 Å². The predicted octanol–water partition coefficient (Wildman–Crippen LogP) is 3.08. The molecule has 25 heavy (non-hydrogen) atoms. The second-order valence-electron chi connectivity index (χ2n) is 7.48. The molecule has 1 aliphatic heterocycles. The maximum atomic E-state index is 4.75. The smallest absolute Gasteiger partial charge is 0.191 e. The van der Waals surface area contributed by atoms with Crippen LogP contribution in [0.15, 0.2) is 4.99 Å². The Labute approximate surface area is 156 Å². The first-order valence-electron chi connectivity index (χ1n) is 9.84. The minimum absolute atomic E-state index is 0.513. The van der Waals surface area contributed by atoms with Crippen LogP contribution in [0.2, 0.25) is 0 Å². The van der Waals surface area contributed by atoms with Crippen molar-refractivity contribution in [1.82, 2.24) is 20.5 Å². The lowest BCUT2D eigenvalue weighted by Gasteiger charge is -2.21. The number of hydrogen-bond donors (Lipinski definition) is 2. The third-order valence-electron chi connectivity index (χ3n) is 5.39. The lowest BCUT2D eigenvalue weighted by atomic mass is 10.1. The zero-order chi connectivity index (χ0) is 17.6. The Morgan fingerprint density at radius 1 is 1.28 bits per heavy atom. The number of nitrogens with zero attached hydrogens (tertiary/aromatic N) is 3. The number of hydrogen-bond acceptors (Lipinski definition) is 4. The third-order valence-corrected chi connectivity index (χ3v) is 6.45. The van der Waals surface area contributed by atoms with Crippen molar-refractivity contribution < 1.29 is 0 Å². The minimum Gasteiger partial charge on any atom is -0.357 e. The molecule has 3 rings (SSSR count). The van der Waals surface area contributed by atoms with E-state index in [9.17, 15) is 0 Å². The van der Waals surface area contributed by atoms with Crippen LogP contribution in [-0.2, 0) is 6.54 Å². The summed E-state index contributed by atoms with van der Waals surface area (Å²) in [6.45, 7) is 11.5. The Morgan fingerprint density at radius 3 is 2.76 bits per heavy atom. The van der Waals surface area contributed by atoms with Crippen LogP contribution in [0.3, 0.4) is 0 Å². The number of nitrogens with one attached hydrogen (secondary N) is 2. The van der Waals surface area contributed by atoms with Crippen molar-refractivity contribution in [3.63, 3.8) is 0 Å². The van der Waals surface area contributed by atoms with Gasteiger partial charge in [-0.05, 0) is 46.0 Å². The second-order valence-corrected chi connectivity index (χ2v) is 8.77. The van der Waals surface area contributed by atoms with Gasteiger partial charge in [-0.25, -0.2) is 9.98 Å². The third kappa shape index (κ3) is 5.42. The molecule has 1 aromatic heterocycles. The highest BCUT2D eigenvalue weighted by Crippen LogP contribution is 2.26.